The van der Waals surface area contributed by atoms with Crippen LogP contribution in [0.4, 0.5) is 0 Å². The molecule has 0 bridgehead atoms. The van der Waals surface area contributed by atoms with Crippen LogP contribution in [0.25, 0.3) is 16.9 Å². The Bertz CT molecular complexity index is 1350. The minimum absolute atomic E-state index is 0.164. The molecule has 0 radical (unpaired) electrons. The van der Waals surface area contributed by atoms with Gasteiger partial charge in [-0.2, -0.15) is 5.10 Å². The molecule has 4 heteroatoms. The molecule has 0 aliphatic heterocycles. The summed E-state index contributed by atoms with van der Waals surface area (Å²) < 4.78 is 1.72. The standard InChI is InChI=1S/C30H25N3O/c34-30(31-27(24-15-7-2-8-16-24)21-23-13-5-1-6-14-23)29-22-28(25-17-9-3-10-18-25)32-33(29)26-19-11-4-12-20-26/h1-20,22,27H,21H2,(H,31,34). The Morgan fingerprint density at radius 3 is 1.94 bits per heavy atom. The van der Waals surface area contributed by atoms with Crippen molar-refractivity contribution in [1.82, 2.24) is 15.1 Å². The van der Waals surface area contributed by atoms with Gasteiger partial charge in [-0.1, -0.05) is 109 Å². The highest BCUT2D eigenvalue weighted by Crippen LogP contribution is 2.24. The summed E-state index contributed by atoms with van der Waals surface area (Å²) in [6.07, 6.45) is 0.696. The van der Waals surface area contributed by atoms with Gasteiger partial charge in [0.1, 0.15) is 5.69 Å². The van der Waals surface area contributed by atoms with E-state index < -0.39 is 0 Å². The van der Waals surface area contributed by atoms with E-state index in [9.17, 15) is 4.79 Å². The molecular weight excluding hydrogens is 418 g/mol. The Labute approximate surface area is 199 Å². The number of para-hydroxylation sites is 1. The van der Waals surface area contributed by atoms with Crippen molar-refractivity contribution >= 4 is 5.91 Å². The van der Waals surface area contributed by atoms with Crippen LogP contribution in [0.3, 0.4) is 0 Å². The molecule has 0 saturated heterocycles. The SMILES string of the molecule is O=C(NC(Cc1ccccc1)c1ccccc1)c1cc(-c2ccccc2)nn1-c1ccccc1. The summed E-state index contributed by atoms with van der Waals surface area (Å²) in [6, 6.07) is 41.7. The van der Waals surface area contributed by atoms with Crippen LogP contribution in [0.1, 0.15) is 27.7 Å². The van der Waals surface area contributed by atoms with Gasteiger partial charge in [0.15, 0.2) is 0 Å². The second kappa shape index (κ2) is 10.0. The van der Waals surface area contributed by atoms with E-state index in [0.717, 1.165) is 28.1 Å². The third kappa shape index (κ3) is 4.81. The molecule has 0 saturated carbocycles. The lowest BCUT2D eigenvalue weighted by atomic mass is 9.98. The van der Waals surface area contributed by atoms with E-state index in [1.807, 2.05) is 103 Å². The van der Waals surface area contributed by atoms with Crippen molar-refractivity contribution in [1.29, 1.82) is 0 Å². The van der Waals surface area contributed by atoms with Gasteiger partial charge in [0.2, 0.25) is 0 Å². The van der Waals surface area contributed by atoms with Crippen LogP contribution in [0.2, 0.25) is 0 Å². The Hall–Kier alpha value is -4.44. The van der Waals surface area contributed by atoms with Crippen molar-refractivity contribution in [2.75, 3.05) is 0 Å². The molecule has 4 aromatic carbocycles. The summed E-state index contributed by atoms with van der Waals surface area (Å²) in [6.45, 7) is 0. The number of hydrogen-bond acceptors (Lipinski definition) is 2. The molecule has 34 heavy (non-hydrogen) atoms. The van der Waals surface area contributed by atoms with Crippen LogP contribution in [-0.4, -0.2) is 15.7 Å². The molecular formula is C30H25N3O. The minimum Gasteiger partial charge on any atom is -0.344 e. The van der Waals surface area contributed by atoms with E-state index >= 15 is 0 Å². The van der Waals surface area contributed by atoms with Crippen molar-refractivity contribution in [3.63, 3.8) is 0 Å². The number of rotatable bonds is 7. The van der Waals surface area contributed by atoms with Gasteiger partial charge in [-0.3, -0.25) is 4.79 Å². The average molecular weight is 444 g/mol. The molecule has 1 atom stereocenters. The van der Waals surface area contributed by atoms with Crippen LogP contribution in [-0.2, 0) is 6.42 Å². The maximum absolute atomic E-state index is 13.7. The largest absolute Gasteiger partial charge is 0.344 e. The van der Waals surface area contributed by atoms with Gasteiger partial charge < -0.3 is 5.32 Å². The summed E-state index contributed by atoms with van der Waals surface area (Å²) in [7, 11) is 0. The van der Waals surface area contributed by atoms with Crippen LogP contribution in [0, 0.1) is 0 Å². The highest BCUT2D eigenvalue weighted by molar-refractivity contribution is 5.94. The normalized spacial score (nSPS) is 11.6. The lowest BCUT2D eigenvalue weighted by Gasteiger charge is -2.20. The number of benzene rings is 4. The zero-order chi connectivity index (χ0) is 23.2. The van der Waals surface area contributed by atoms with E-state index in [-0.39, 0.29) is 11.9 Å². The topological polar surface area (TPSA) is 46.9 Å². The number of hydrogen-bond donors (Lipinski definition) is 1. The van der Waals surface area contributed by atoms with Crippen LogP contribution >= 0.6 is 0 Å². The van der Waals surface area contributed by atoms with Crippen molar-refractivity contribution in [2.24, 2.45) is 0 Å². The molecule has 1 heterocycles. The highest BCUT2D eigenvalue weighted by atomic mass is 16.2. The fraction of sp³-hybridized carbons (Fsp3) is 0.0667. The lowest BCUT2D eigenvalue weighted by Crippen LogP contribution is -2.31. The van der Waals surface area contributed by atoms with E-state index in [2.05, 4.69) is 29.6 Å². The average Bonchev–Trinajstić information content (AvgIpc) is 3.36. The molecule has 1 aromatic heterocycles. The predicted octanol–water partition coefficient (Wildman–Crippen LogP) is 6.25. The minimum atomic E-state index is -0.171. The molecule has 0 fully saturated rings. The molecule has 0 spiro atoms. The first-order chi connectivity index (χ1) is 16.8. The first kappa shape index (κ1) is 21.4. The summed E-state index contributed by atoms with van der Waals surface area (Å²) in [5, 5.41) is 8.06. The highest BCUT2D eigenvalue weighted by Gasteiger charge is 2.22. The lowest BCUT2D eigenvalue weighted by molar-refractivity contribution is 0.0928. The Balaban J connectivity index is 1.51. The van der Waals surface area contributed by atoms with E-state index in [4.69, 9.17) is 5.10 Å². The number of nitrogens with zero attached hydrogens (tertiary/aromatic N) is 2. The van der Waals surface area contributed by atoms with Crippen molar-refractivity contribution < 1.29 is 4.79 Å². The first-order valence-corrected chi connectivity index (χ1v) is 11.4. The summed E-state index contributed by atoms with van der Waals surface area (Å²) in [4.78, 5) is 13.7. The van der Waals surface area contributed by atoms with Gasteiger partial charge in [-0.05, 0) is 35.7 Å². The molecule has 166 valence electrons. The maximum atomic E-state index is 13.7. The van der Waals surface area contributed by atoms with Gasteiger partial charge in [0.05, 0.1) is 17.4 Å². The van der Waals surface area contributed by atoms with Crippen molar-refractivity contribution in [3.05, 3.63) is 144 Å². The van der Waals surface area contributed by atoms with Crippen LogP contribution < -0.4 is 5.32 Å². The quantitative estimate of drug-likeness (QED) is 0.323. The smallest absolute Gasteiger partial charge is 0.270 e. The summed E-state index contributed by atoms with van der Waals surface area (Å²) in [5.74, 6) is -0.164. The molecule has 1 unspecified atom stereocenters. The summed E-state index contributed by atoms with van der Waals surface area (Å²) in [5.41, 5.74) is 5.30. The fourth-order valence-corrected chi connectivity index (χ4v) is 4.08. The van der Waals surface area contributed by atoms with E-state index in [1.54, 1.807) is 4.68 Å². The zero-order valence-electron chi connectivity index (χ0n) is 18.7. The number of aromatic nitrogens is 2. The van der Waals surface area contributed by atoms with Crippen LogP contribution in [0.5, 0.6) is 0 Å². The van der Waals surface area contributed by atoms with E-state index in [1.165, 1.54) is 0 Å². The molecule has 4 nitrogen and oxygen atoms in total. The van der Waals surface area contributed by atoms with Crippen molar-refractivity contribution in [2.45, 2.75) is 12.5 Å². The van der Waals surface area contributed by atoms with Crippen LogP contribution in [0.15, 0.2) is 127 Å². The van der Waals surface area contributed by atoms with E-state index in [0.29, 0.717) is 12.1 Å². The molecule has 5 aromatic rings. The van der Waals surface area contributed by atoms with Gasteiger partial charge in [0.25, 0.3) is 5.91 Å². The molecule has 5 rings (SSSR count). The van der Waals surface area contributed by atoms with Crippen molar-refractivity contribution in [3.8, 4) is 16.9 Å². The number of nitrogens with one attached hydrogen (secondary N) is 1. The Kier molecular flexibility index (Phi) is 6.30. The zero-order valence-corrected chi connectivity index (χ0v) is 18.7. The predicted molar refractivity (Wildman–Crippen MR) is 136 cm³/mol. The van der Waals surface area contributed by atoms with Gasteiger partial charge in [0, 0.05) is 5.56 Å². The fourth-order valence-electron chi connectivity index (χ4n) is 4.08. The maximum Gasteiger partial charge on any atom is 0.270 e. The van der Waals surface area contributed by atoms with Gasteiger partial charge in [-0.25, -0.2) is 4.68 Å². The summed E-state index contributed by atoms with van der Waals surface area (Å²) >= 11 is 0. The molecule has 1 amide bonds. The number of carbonyl (C=O) groups excluding carboxylic acids is 1. The Morgan fingerprint density at radius 1 is 0.735 bits per heavy atom. The number of amides is 1. The second-order valence-corrected chi connectivity index (χ2v) is 8.15. The molecule has 0 aliphatic rings. The molecule has 1 N–H and O–H groups in total. The third-order valence-corrected chi connectivity index (χ3v) is 5.80. The monoisotopic (exact) mass is 443 g/mol. The third-order valence-electron chi connectivity index (χ3n) is 5.80. The second-order valence-electron chi connectivity index (χ2n) is 8.15. The first-order valence-electron chi connectivity index (χ1n) is 11.4. The van der Waals surface area contributed by atoms with Gasteiger partial charge in [-0.15, -0.1) is 0 Å². The van der Waals surface area contributed by atoms with Gasteiger partial charge >= 0.3 is 0 Å². The molecule has 0 aliphatic carbocycles. The number of carbonyl (C=O) groups is 1. The Morgan fingerprint density at radius 2 is 1.29 bits per heavy atom.